The molecule has 20 heavy (non-hydrogen) atoms. The molecule has 0 amide bonds. The van der Waals surface area contributed by atoms with Crippen LogP contribution in [-0.2, 0) is 6.54 Å². The van der Waals surface area contributed by atoms with E-state index in [0.717, 1.165) is 13.1 Å². The van der Waals surface area contributed by atoms with Crippen molar-refractivity contribution in [2.45, 2.75) is 46.2 Å². The van der Waals surface area contributed by atoms with Crippen LogP contribution in [0.4, 0.5) is 0 Å². The van der Waals surface area contributed by atoms with Crippen LogP contribution in [0.5, 0.6) is 0 Å². The number of rotatable bonds is 3. The topological polar surface area (TPSA) is 29.9 Å². The van der Waals surface area contributed by atoms with E-state index in [0.29, 0.717) is 6.04 Å². The average Bonchev–Trinajstić information content (AvgIpc) is 3.00. The normalized spacial score (nSPS) is 18.6. The van der Waals surface area contributed by atoms with Crippen LogP contribution in [-0.4, -0.2) is 22.4 Å². The first-order chi connectivity index (χ1) is 9.63. The fourth-order valence-electron chi connectivity index (χ4n) is 3.17. The molecule has 1 fully saturated rings. The minimum atomic E-state index is 0.584. The molecule has 2 aromatic rings. The highest BCUT2D eigenvalue weighted by atomic mass is 15.3. The van der Waals surface area contributed by atoms with Crippen molar-refractivity contribution in [1.29, 1.82) is 0 Å². The van der Waals surface area contributed by atoms with Gasteiger partial charge in [-0.2, -0.15) is 5.10 Å². The van der Waals surface area contributed by atoms with E-state index in [4.69, 9.17) is 0 Å². The van der Waals surface area contributed by atoms with E-state index in [-0.39, 0.29) is 0 Å². The largest absolute Gasteiger partial charge is 0.312 e. The third kappa shape index (κ3) is 2.63. The van der Waals surface area contributed by atoms with E-state index in [1.165, 1.54) is 40.8 Å². The highest BCUT2D eigenvalue weighted by Crippen LogP contribution is 2.25. The molecular weight excluding hydrogens is 246 g/mol. The van der Waals surface area contributed by atoms with Gasteiger partial charge in [0.25, 0.3) is 0 Å². The Balaban J connectivity index is 1.88. The Morgan fingerprint density at radius 2 is 1.95 bits per heavy atom. The maximum atomic E-state index is 4.59. The maximum absolute atomic E-state index is 4.59. The molecule has 1 unspecified atom stereocenters. The van der Waals surface area contributed by atoms with Crippen molar-refractivity contribution in [3.05, 3.63) is 41.2 Å². The van der Waals surface area contributed by atoms with Gasteiger partial charge in [-0.05, 0) is 45.7 Å². The van der Waals surface area contributed by atoms with Gasteiger partial charge in [0, 0.05) is 17.3 Å². The van der Waals surface area contributed by atoms with E-state index in [2.05, 4.69) is 54.1 Å². The van der Waals surface area contributed by atoms with Crippen LogP contribution >= 0.6 is 0 Å². The van der Waals surface area contributed by atoms with Gasteiger partial charge in [-0.25, -0.2) is 0 Å². The van der Waals surface area contributed by atoms with Crippen molar-refractivity contribution in [3.8, 4) is 11.1 Å². The van der Waals surface area contributed by atoms with Gasteiger partial charge < -0.3 is 5.32 Å². The van der Waals surface area contributed by atoms with Crippen LogP contribution in [0.15, 0.2) is 24.4 Å². The first-order valence-electron chi connectivity index (χ1n) is 7.48. The Labute approximate surface area is 121 Å². The molecule has 0 spiro atoms. The Bertz CT molecular complexity index is 586. The van der Waals surface area contributed by atoms with Crippen LogP contribution in [0.25, 0.3) is 11.1 Å². The summed E-state index contributed by atoms with van der Waals surface area (Å²) in [7, 11) is 0. The molecule has 1 aromatic heterocycles. The second kappa shape index (κ2) is 5.41. The molecule has 0 bridgehead atoms. The van der Waals surface area contributed by atoms with E-state index in [1.54, 1.807) is 0 Å². The summed E-state index contributed by atoms with van der Waals surface area (Å²) in [6.45, 7) is 8.61. The number of hydrogen-bond acceptors (Lipinski definition) is 2. The molecule has 1 atom stereocenters. The summed E-state index contributed by atoms with van der Waals surface area (Å²) in [6, 6.07) is 7.29. The summed E-state index contributed by atoms with van der Waals surface area (Å²) in [6.07, 6.45) is 4.56. The molecule has 1 N–H and O–H groups in total. The predicted octanol–water partition coefficient (Wildman–Crippen LogP) is 3.23. The molecule has 106 valence electrons. The highest BCUT2D eigenvalue weighted by Gasteiger charge is 2.17. The molecular formula is C17H23N3. The third-order valence-corrected chi connectivity index (χ3v) is 4.19. The number of hydrogen-bond donors (Lipinski definition) is 1. The second-order valence-corrected chi connectivity index (χ2v) is 6.00. The first-order valence-corrected chi connectivity index (χ1v) is 7.48. The lowest BCUT2D eigenvalue weighted by atomic mass is 10.0. The van der Waals surface area contributed by atoms with Crippen molar-refractivity contribution in [3.63, 3.8) is 0 Å². The molecule has 1 aliphatic heterocycles. The molecule has 1 saturated heterocycles. The number of aromatic nitrogens is 2. The highest BCUT2D eigenvalue weighted by molar-refractivity contribution is 5.66. The van der Waals surface area contributed by atoms with Crippen LogP contribution in [0.3, 0.4) is 0 Å². The smallest absolute Gasteiger partial charge is 0.0571 e. The average molecular weight is 269 g/mol. The van der Waals surface area contributed by atoms with Gasteiger partial charge >= 0.3 is 0 Å². The Kier molecular flexibility index (Phi) is 3.62. The minimum absolute atomic E-state index is 0.584. The monoisotopic (exact) mass is 269 g/mol. The van der Waals surface area contributed by atoms with Gasteiger partial charge in [0.15, 0.2) is 0 Å². The summed E-state index contributed by atoms with van der Waals surface area (Å²) >= 11 is 0. The lowest BCUT2D eigenvalue weighted by molar-refractivity contribution is 0.469. The number of nitrogens with zero attached hydrogens (tertiary/aromatic N) is 2. The Morgan fingerprint density at radius 3 is 2.60 bits per heavy atom. The van der Waals surface area contributed by atoms with Gasteiger partial charge in [-0.3, -0.25) is 4.68 Å². The standard InChI is InChI=1S/C17H23N3/c1-12-7-13(2)9-15(8-12)17-10-19-20(14(17)3)11-16-5-4-6-18-16/h7-10,16,18H,4-6,11H2,1-3H3. The van der Waals surface area contributed by atoms with Crippen molar-refractivity contribution in [1.82, 2.24) is 15.1 Å². The van der Waals surface area contributed by atoms with E-state index >= 15 is 0 Å². The zero-order valence-corrected chi connectivity index (χ0v) is 12.6. The minimum Gasteiger partial charge on any atom is -0.312 e. The van der Waals surface area contributed by atoms with Crippen molar-refractivity contribution in [2.75, 3.05) is 6.54 Å². The Morgan fingerprint density at radius 1 is 1.20 bits per heavy atom. The fraction of sp³-hybridized carbons (Fsp3) is 0.471. The summed E-state index contributed by atoms with van der Waals surface area (Å²) < 4.78 is 2.15. The van der Waals surface area contributed by atoms with Gasteiger partial charge in [0.05, 0.1) is 12.7 Å². The molecule has 0 saturated carbocycles. The SMILES string of the molecule is Cc1cc(C)cc(-c2cnn(CC3CCCN3)c2C)c1. The summed E-state index contributed by atoms with van der Waals surface area (Å²) in [5, 5.41) is 8.13. The summed E-state index contributed by atoms with van der Waals surface area (Å²) in [4.78, 5) is 0. The van der Waals surface area contributed by atoms with Crippen LogP contribution in [0.1, 0.15) is 29.7 Å². The number of aryl methyl sites for hydroxylation is 2. The molecule has 0 radical (unpaired) electrons. The van der Waals surface area contributed by atoms with Gasteiger partial charge in [0.2, 0.25) is 0 Å². The molecule has 3 nitrogen and oxygen atoms in total. The fourth-order valence-corrected chi connectivity index (χ4v) is 3.17. The summed E-state index contributed by atoms with van der Waals surface area (Å²) in [5.41, 5.74) is 6.43. The molecule has 1 aliphatic rings. The first kappa shape index (κ1) is 13.4. The molecule has 2 heterocycles. The quantitative estimate of drug-likeness (QED) is 0.927. The zero-order chi connectivity index (χ0) is 14.1. The van der Waals surface area contributed by atoms with Crippen LogP contribution < -0.4 is 5.32 Å². The van der Waals surface area contributed by atoms with E-state index < -0.39 is 0 Å². The third-order valence-electron chi connectivity index (χ3n) is 4.19. The lowest BCUT2D eigenvalue weighted by Gasteiger charge is -2.12. The van der Waals surface area contributed by atoms with Crippen molar-refractivity contribution >= 4 is 0 Å². The van der Waals surface area contributed by atoms with Gasteiger partial charge in [-0.15, -0.1) is 0 Å². The van der Waals surface area contributed by atoms with Gasteiger partial charge in [0.1, 0.15) is 0 Å². The van der Waals surface area contributed by atoms with Crippen molar-refractivity contribution in [2.24, 2.45) is 0 Å². The van der Waals surface area contributed by atoms with Crippen LogP contribution in [0, 0.1) is 20.8 Å². The Hall–Kier alpha value is -1.61. The molecule has 1 aromatic carbocycles. The number of benzene rings is 1. The predicted molar refractivity (Wildman–Crippen MR) is 82.9 cm³/mol. The molecule has 3 heteroatoms. The molecule has 0 aliphatic carbocycles. The van der Waals surface area contributed by atoms with Crippen LogP contribution in [0.2, 0.25) is 0 Å². The lowest BCUT2D eigenvalue weighted by Crippen LogP contribution is -2.27. The van der Waals surface area contributed by atoms with E-state index in [9.17, 15) is 0 Å². The van der Waals surface area contributed by atoms with Gasteiger partial charge in [-0.1, -0.05) is 29.3 Å². The zero-order valence-electron chi connectivity index (χ0n) is 12.6. The second-order valence-electron chi connectivity index (χ2n) is 6.00. The molecule has 3 rings (SSSR count). The van der Waals surface area contributed by atoms with Crippen molar-refractivity contribution < 1.29 is 0 Å². The number of nitrogens with one attached hydrogen (secondary N) is 1. The van der Waals surface area contributed by atoms with E-state index in [1.807, 2.05) is 6.20 Å². The summed E-state index contributed by atoms with van der Waals surface area (Å²) in [5.74, 6) is 0. The maximum Gasteiger partial charge on any atom is 0.0571 e.